The third-order valence-corrected chi connectivity index (χ3v) is 22.2. The second-order valence-electron chi connectivity index (χ2n) is 14.9. The molecule has 0 aromatic rings. The number of halogens is 1. The lowest BCUT2D eigenvalue weighted by Crippen LogP contribution is -2.58. The van der Waals surface area contributed by atoms with Gasteiger partial charge in [-0.25, -0.2) is 4.39 Å². The summed E-state index contributed by atoms with van der Waals surface area (Å²) in [7, 11) is -7.15. The minimum absolute atomic E-state index is 0.101. The zero-order chi connectivity index (χ0) is 29.5. The van der Waals surface area contributed by atoms with Crippen molar-refractivity contribution in [2.45, 2.75) is 141 Å². The van der Waals surface area contributed by atoms with Crippen LogP contribution in [0.2, 0.25) is 54.4 Å². The Morgan fingerprint density at radius 1 is 0.892 bits per heavy atom. The van der Waals surface area contributed by atoms with Gasteiger partial charge in [0.05, 0.1) is 6.61 Å². The molecule has 1 heterocycles. The van der Waals surface area contributed by atoms with Crippen LogP contribution in [-0.2, 0) is 22.8 Å². The first-order valence-electron chi connectivity index (χ1n) is 13.3. The maximum absolute atomic E-state index is 17.1. The standard InChI is InChI=1S/C26H55FN2O5Si3/c1-23(2,3)35(10,11)31-18-26(27)21(34-37(14,15)25(7,8)9)20(33-36(12,13)24(4,5)6)22(32-26)29-17-16-19(28)30/h16-17,20-22,29H,18H2,1-15H3,(H2,28,30)/b17-16-/t20?,21?,22-,26-/m1/s1. The normalized spacial score (nSPS) is 26.6. The molecular weight excluding hydrogens is 524 g/mol. The van der Waals surface area contributed by atoms with E-state index < -0.39 is 55.2 Å². The largest absolute Gasteiger partial charge is 0.411 e. The summed E-state index contributed by atoms with van der Waals surface area (Å²) in [6.45, 7) is 31.5. The minimum Gasteiger partial charge on any atom is -0.411 e. The first-order chi connectivity index (χ1) is 16.2. The molecule has 0 bridgehead atoms. The van der Waals surface area contributed by atoms with Gasteiger partial charge in [-0.3, -0.25) is 4.79 Å². The molecule has 0 aromatic carbocycles. The van der Waals surface area contributed by atoms with E-state index in [2.05, 4.69) is 107 Å². The van der Waals surface area contributed by atoms with Crippen LogP contribution < -0.4 is 11.1 Å². The van der Waals surface area contributed by atoms with Gasteiger partial charge in [0.15, 0.2) is 31.2 Å². The second-order valence-corrected chi connectivity index (χ2v) is 29.2. The molecule has 7 nitrogen and oxygen atoms in total. The lowest BCUT2D eigenvalue weighted by atomic mass is 10.1. The van der Waals surface area contributed by atoms with Gasteiger partial charge in [0.2, 0.25) is 5.91 Å². The van der Waals surface area contributed by atoms with Gasteiger partial charge in [0, 0.05) is 12.3 Å². The Balaban J connectivity index is 3.61. The number of nitrogens with one attached hydrogen (secondary N) is 1. The molecule has 0 aromatic heterocycles. The zero-order valence-electron chi connectivity index (χ0n) is 26.1. The van der Waals surface area contributed by atoms with Crippen LogP contribution in [0.25, 0.3) is 0 Å². The number of hydrogen-bond acceptors (Lipinski definition) is 6. The molecule has 1 aliphatic rings. The van der Waals surface area contributed by atoms with Gasteiger partial charge in [0.1, 0.15) is 12.2 Å². The fraction of sp³-hybridized carbons (Fsp3) is 0.885. The van der Waals surface area contributed by atoms with Crippen molar-refractivity contribution in [3.63, 3.8) is 0 Å². The van der Waals surface area contributed by atoms with Gasteiger partial charge < -0.3 is 29.1 Å². The van der Waals surface area contributed by atoms with Gasteiger partial charge in [0.25, 0.3) is 5.85 Å². The highest BCUT2D eigenvalue weighted by molar-refractivity contribution is 6.75. The molecule has 218 valence electrons. The lowest BCUT2D eigenvalue weighted by molar-refractivity contribution is -0.192. The van der Waals surface area contributed by atoms with Gasteiger partial charge in [-0.1, -0.05) is 62.3 Å². The van der Waals surface area contributed by atoms with Crippen LogP contribution in [-0.4, -0.2) is 61.8 Å². The van der Waals surface area contributed by atoms with Gasteiger partial charge >= 0.3 is 0 Å². The van der Waals surface area contributed by atoms with Crippen molar-refractivity contribution in [1.29, 1.82) is 0 Å². The van der Waals surface area contributed by atoms with Crippen LogP contribution in [0.15, 0.2) is 12.3 Å². The summed E-state index contributed by atoms with van der Waals surface area (Å²) in [5.41, 5.74) is 5.28. The van der Waals surface area contributed by atoms with Crippen LogP contribution in [0.3, 0.4) is 0 Å². The second kappa shape index (κ2) is 11.1. The fourth-order valence-corrected chi connectivity index (χ4v) is 6.57. The van der Waals surface area contributed by atoms with E-state index in [0.29, 0.717) is 0 Å². The molecule has 2 unspecified atom stereocenters. The maximum atomic E-state index is 17.1. The Morgan fingerprint density at radius 3 is 1.73 bits per heavy atom. The van der Waals surface area contributed by atoms with Crippen LogP contribution in [0.1, 0.15) is 62.3 Å². The highest BCUT2D eigenvalue weighted by Crippen LogP contribution is 2.47. The maximum Gasteiger partial charge on any atom is 0.261 e. The highest BCUT2D eigenvalue weighted by atomic mass is 28.4. The monoisotopic (exact) mass is 578 g/mol. The summed E-state index contributed by atoms with van der Waals surface area (Å²) >= 11 is 0. The van der Waals surface area contributed by atoms with Crippen molar-refractivity contribution in [1.82, 2.24) is 5.32 Å². The minimum atomic E-state index is -2.46. The molecule has 1 saturated heterocycles. The average molecular weight is 579 g/mol. The Kier molecular flexibility index (Phi) is 10.4. The van der Waals surface area contributed by atoms with Crippen molar-refractivity contribution >= 4 is 30.9 Å². The lowest BCUT2D eigenvalue weighted by Gasteiger charge is -2.45. The molecular formula is C26H55FN2O5Si3. The fourth-order valence-electron chi connectivity index (χ4n) is 3.00. The summed E-state index contributed by atoms with van der Waals surface area (Å²) in [5.74, 6) is -2.87. The summed E-state index contributed by atoms with van der Waals surface area (Å²) in [6, 6.07) is 0. The Bertz CT molecular complexity index is 832. The zero-order valence-corrected chi connectivity index (χ0v) is 29.1. The molecule has 1 rings (SSSR count). The number of carbonyl (C=O) groups excluding carboxylic acids is 1. The number of nitrogens with two attached hydrogens (primary N) is 1. The third-order valence-electron chi connectivity index (χ3n) is 8.75. The van der Waals surface area contributed by atoms with Crippen molar-refractivity contribution in [2.75, 3.05) is 6.61 Å². The summed E-state index contributed by atoms with van der Waals surface area (Å²) < 4.78 is 43.2. The number of alkyl halides is 1. The van der Waals surface area contributed by atoms with Crippen molar-refractivity contribution < 1.29 is 27.2 Å². The smallest absolute Gasteiger partial charge is 0.261 e. The Labute approximate surface area is 228 Å². The molecule has 0 saturated carbocycles. The predicted octanol–water partition coefficient (Wildman–Crippen LogP) is 6.40. The molecule has 0 spiro atoms. The van der Waals surface area contributed by atoms with E-state index >= 15 is 4.39 Å². The molecule has 1 amide bonds. The molecule has 0 radical (unpaired) electrons. The van der Waals surface area contributed by atoms with E-state index in [1.165, 1.54) is 12.3 Å². The number of ether oxygens (including phenoxy) is 1. The molecule has 4 atom stereocenters. The van der Waals surface area contributed by atoms with Crippen LogP contribution >= 0.6 is 0 Å². The van der Waals surface area contributed by atoms with Crippen LogP contribution in [0, 0.1) is 0 Å². The average Bonchev–Trinajstić information content (AvgIpc) is 2.89. The van der Waals surface area contributed by atoms with E-state index in [4.69, 9.17) is 23.7 Å². The SMILES string of the molecule is CC(C)(C)[Si](C)(C)OC[C@@]1(F)O[C@@H](N/C=C\C(N)=O)C(O[Si](C)(C)C(C)(C)C)C1O[Si](C)(C)C(C)(C)C. The number of rotatable bonds is 10. The molecule has 3 N–H and O–H groups in total. The van der Waals surface area contributed by atoms with Crippen LogP contribution in [0.4, 0.5) is 4.39 Å². The highest BCUT2D eigenvalue weighted by Gasteiger charge is 2.62. The number of hydrogen-bond donors (Lipinski definition) is 2. The van der Waals surface area contributed by atoms with Crippen molar-refractivity contribution in [3.8, 4) is 0 Å². The third kappa shape index (κ3) is 8.46. The topological polar surface area (TPSA) is 92.0 Å². The van der Waals surface area contributed by atoms with Gasteiger partial charge in [-0.05, 0) is 54.4 Å². The molecule has 0 aliphatic carbocycles. The number of primary amides is 1. The van der Waals surface area contributed by atoms with E-state index in [0.717, 1.165) is 0 Å². The van der Waals surface area contributed by atoms with Crippen molar-refractivity contribution in [2.24, 2.45) is 5.73 Å². The van der Waals surface area contributed by atoms with Crippen molar-refractivity contribution in [3.05, 3.63) is 12.3 Å². The predicted molar refractivity (Wildman–Crippen MR) is 157 cm³/mol. The van der Waals surface area contributed by atoms with E-state index in [1.54, 1.807) is 0 Å². The molecule has 1 aliphatic heterocycles. The molecule has 1 fully saturated rings. The quantitative estimate of drug-likeness (QED) is 0.230. The Hall–Kier alpha value is -0.569. The van der Waals surface area contributed by atoms with Gasteiger partial charge in [-0.2, -0.15) is 0 Å². The van der Waals surface area contributed by atoms with Crippen LogP contribution in [0.5, 0.6) is 0 Å². The number of amides is 1. The molecule has 37 heavy (non-hydrogen) atoms. The first kappa shape index (κ1) is 34.5. The Morgan fingerprint density at radius 2 is 1.32 bits per heavy atom. The number of carbonyl (C=O) groups is 1. The van der Waals surface area contributed by atoms with E-state index in [9.17, 15) is 4.79 Å². The van der Waals surface area contributed by atoms with E-state index in [-0.39, 0.29) is 21.7 Å². The summed E-state index contributed by atoms with van der Waals surface area (Å²) in [4.78, 5) is 11.3. The first-order valence-corrected chi connectivity index (χ1v) is 22.0. The summed E-state index contributed by atoms with van der Waals surface area (Å²) in [6.07, 6.45) is -0.112. The molecule has 11 heteroatoms. The van der Waals surface area contributed by atoms with E-state index in [1.807, 2.05) is 0 Å². The summed E-state index contributed by atoms with van der Waals surface area (Å²) in [5, 5.41) is 2.64. The van der Waals surface area contributed by atoms with Gasteiger partial charge in [-0.15, -0.1) is 0 Å².